The van der Waals surface area contributed by atoms with E-state index in [-0.39, 0.29) is 11.9 Å². The molecule has 0 aromatic carbocycles. The third kappa shape index (κ3) is 4.82. The first-order chi connectivity index (χ1) is 10.4. The highest BCUT2D eigenvalue weighted by Crippen LogP contribution is 2.17. The lowest BCUT2D eigenvalue weighted by Gasteiger charge is -2.35. The van der Waals surface area contributed by atoms with E-state index in [2.05, 4.69) is 5.32 Å². The standard InChI is InChI=1S/C14H23N3O4S/c1-16(22(2,19)20)12-5-7-17(8-6-12)11-14(18)15-10-13-4-3-9-21-13/h3-4,9,12H,5-8,10-11H2,1-2H3,(H,15,18). The largest absolute Gasteiger partial charge is 0.467 e. The van der Waals surface area contributed by atoms with E-state index in [1.165, 1.54) is 10.6 Å². The Morgan fingerprint density at radius 2 is 2.14 bits per heavy atom. The van der Waals surface area contributed by atoms with Crippen LogP contribution in [-0.2, 0) is 21.4 Å². The number of hydrogen-bond donors (Lipinski definition) is 1. The van der Waals surface area contributed by atoms with Crippen molar-refractivity contribution in [2.45, 2.75) is 25.4 Å². The predicted octanol–water partition coefficient (Wildman–Crippen LogP) is 0.252. The highest BCUT2D eigenvalue weighted by atomic mass is 32.2. The molecule has 1 amide bonds. The second kappa shape index (κ2) is 7.26. The van der Waals surface area contributed by atoms with Gasteiger partial charge < -0.3 is 9.73 Å². The molecule has 0 spiro atoms. The fourth-order valence-electron chi connectivity index (χ4n) is 2.57. The summed E-state index contributed by atoms with van der Waals surface area (Å²) >= 11 is 0. The van der Waals surface area contributed by atoms with E-state index in [1.807, 2.05) is 11.0 Å². The number of nitrogens with zero attached hydrogens (tertiary/aromatic N) is 2. The lowest BCUT2D eigenvalue weighted by Crippen LogP contribution is -2.47. The Hall–Kier alpha value is -1.38. The summed E-state index contributed by atoms with van der Waals surface area (Å²) in [5, 5.41) is 2.81. The molecule has 0 unspecified atom stereocenters. The molecule has 8 heteroatoms. The van der Waals surface area contributed by atoms with Crippen LogP contribution in [-0.4, -0.2) is 62.5 Å². The van der Waals surface area contributed by atoms with Gasteiger partial charge >= 0.3 is 0 Å². The quantitative estimate of drug-likeness (QED) is 0.809. The average Bonchev–Trinajstić information content (AvgIpc) is 2.97. The van der Waals surface area contributed by atoms with E-state index >= 15 is 0 Å². The van der Waals surface area contributed by atoms with Gasteiger partial charge in [-0.15, -0.1) is 0 Å². The third-order valence-corrected chi connectivity index (χ3v) is 5.35. The van der Waals surface area contributed by atoms with Crippen LogP contribution in [0.15, 0.2) is 22.8 Å². The Labute approximate surface area is 131 Å². The number of piperidine rings is 1. The molecule has 0 aliphatic carbocycles. The van der Waals surface area contributed by atoms with Gasteiger partial charge in [-0.2, -0.15) is 0 Å². The minimum atomic E-state index is -3.15. The minimum absolute atomic E-state index is 0.0254. The number of rotatable bonds is 6. The van der Waals surface area contributed by atoms with Crippen molar-refractivity contribution < 1.29 is 17.6 Å². The first-order valence-electron chi connectivity index (χ1n) is 7.30. The van der Waals surface area contributed by atoms with Crippen LogP contribution in [0.2, 0.25) is 0 Å². The van der Waals surface area contributed by atoms with Crippen LogP contribution in [0.5, 0.6) is 0 Å². The number of nitrogens with one attached hydrogen (secondary N) is 1. The van der Waals surface area contributed by atoms with Gasteiger partial charge in [-0.1, -0.05) is 0 Å². The number of furan rings is 1. The molecule has 2 heterocycles. The molecule has 2 rings (SSSR count). The topological polar surface area (TPSA) is 82.9 Å². The zero-order valence-electron chi connectivity index (χ0n) is 13.0. The van der Waals surface area contributed by atoms with E-state index in [0.717, 1.165) is 31.7 Å². The molecule has 0 atom stereocenters. The number of sulfonamides is 1. The number of carbonyl (C=O) groups excluding carboxylic acids is 1. The molecule has 1 N–H and O–H groups in total. The molecule has 0 saturated carbocycles. The van der Waals surface area contributed by atoms with Crippen LogP contribution in [0.1, 0.15) is 18.6 Å². The molecule has 1 aromatic rings. The highest BCUT2D eigenvalue weighted by Gasteiger charge is 2.27. The maximum Gasteiger partial charge on any atom is 0.234 e. The minimum Gasteiger partial charge on any atom is -0.467 e. The first kappa shape index (κ1) is 17.0. The van der Waals surface area contributed by atoms with Gasteiger partial charge in [0.05, 0.1) is 25.6 Å². The summed E-state index contributed by atoms with van der Waals surface area (Å²) in [6, 6.07) is 3.62. The van der Waals surface area contributed by atoms with Gasteiger partial charge in [0.1, 0.15) is 5.76 Å². The van der Waals surface area contributed by atoms with E-state index in [0.29, 0.717) is 13.1 Å². The summed E-state index contributed by atoms with van der Waals surface area (Å²) in [6.45, 7) is 2.16. The summed E-state index contributed by atoms with van der Waals surface area (Å²) in [7, 11) is -1.53. The van der Waals surface area contributed by atoms with Gasteiger partial charge in [-0.25, -0.2) is 12.7 Å². The first-order valence-corrected chi connectivity index (χ1v) is 9.15. The third-order valence-electron chi connectivity index (χ3n) is 4.00. The fraction of sp³-hybridized carbons (Fsp3) is 0.643. The maximum absolute atomic E-state index is 11.9. The molecular weight excluding hydrogens is 306 g/mol. The second-order valence-corrected chi connectivity index (χ2v) is 7.68. The number of likely N-dealkylation sites (tertiary alicyclic amines) is 1. The van der Waals surface area contributed by atoms with Crippen molar-refractivity contribution in [1.29, 1.82) is 0 Å². The molecule has 22 heavy (non-hydrogen) atoms. The van der Waals surface area contributed by atoms with Crippen molar-refractivity contribution in [3.8, 4) is 0 Å². The van der Waals surface area contributed by atoms with Gasteiger partial charge in [0.25, 0.3) is 0 Å². The summed E-state index contributed by atoms with van der Waals surface area (Å²) in [5.74, 6) is 0.674. The van der Waals surface area contributed by atoms with Crippen molar-refractivity contribution in [2.24, 2.45) is 0 Å². The Morgan fingerprint density at radius 1 is 1.45 bits per heavy atom. The smallest absolute Gasteiger partial charge is 0.234 e. The van der Waals surface area contributed by atoms with Crippen molar-refractivity contribution in [2.75, 3.05) is 32.9 Å². The number of carbonyl (C=O) groups is 1. The fourth-order valence-corrected chi connectivity index (χ4v) is 3.32. The van der Waals surface area contributed by atoms with Crippen LogP contribution in [0, 0.1) is 0 Å². The summed E-state index contributed by atoms with van der Waals surface area (Å²) in [4.78, 5) is 13.9. The molecule has 1 saturated heterocycles. The van der Waals surface area contributed by atoms with E-state index < -0.39 is 10.0 Å². The molecular formula is C14H23N3O4S. The van der Waals surface area contributed by atoms with Gasteiger partial charge in [0, 0.05) is 26.2 Å². The zero-order chi connectivity index (χ0) is 16.2. The van der Waals surface area contributed by atoms with E-state index in [4.69, 9.17) is 4.42 Å². The summed E-state index contributed by atoms with van der Waals surface area (Å²) in [6.07, 6.45) is 4.29. The maximum atomic E-state index is 11.9. The van der Waals surface area contributed by atoms with E-state index in [1.54, 1.807) is 19.4 Å². The van der Waals surface area contributed by atoms with Gasteiger partial charge in [0.15, 0.2) is 0 Å². The molecule has 1 aromatic heterocycles. The average molecular weight is 329 g/mol. The number of amides is 1. The van der Waals surface area contributed by atoms with Gasteiger partial charge in [0.2, 0.25) is 15.9 Å². The van der Waals surface area contributed by atoms with Crippen molar-refractivity contribution in [1.82, 2.24) is 14.5 Å². The highest BCUT2D eigenvalue weighted by molar-refractivity contribution is 7.88. The summed E-state index contributed by atoms with van der Waals surface area (Å²) in [5.41, 5.74) is 0. The SMILES string of the molecule is CN(C1CCN(CC(=O)NCc2ccco2)CC1)S(C)(=O)=O. The van der Waals surface area contributed by atoms with Crippen LogP contribution >= 0.6 is 0 Å². The Kier molecular flexibility index (Phi) is 5.60. The lowest BCUT2D eigenvalue weighted by atomic mass is 10.1. The Morgan fingerprint density at radius 3 is 2.68 bits per heavy atom. The number of hydrogen-bond acceptors (Lipinski definition) is 5. The van der Waals surface area contributed by atoms with Crippen LogP contribution < -0.4 is 5.32 Å². The van der Waals surface area contributed by atoms with Gasteiger partial charge in [-0.05, 0) is 25.0 Å². The lowest BCUT2D eigenvalue weighted by molar-refractivity contribution is -0.122. The van der Waals surface area contributed by atoms with Crippen LogP contribution in [0.3, 0.4) is 0 Å². The van der Waals surface area contributed by atoms with Crippen molar-refractivity contribution in [3.63, 3.8) is 0 Å². The van der Waals surface area contributed by atoms with Crippen molar-refractivity contribution >= 4 is 15.9 Å². The Balaban J connectivity index is 1.72. The zero-order valence-corrected chi connectivity index (χ0v) is 13.8. The van der Waals surface area contributed by atoms with Crippen LogP contribution in [0.25, 0.3) is 0 Å². The molecule has 0 radical (unpaired) electrons. The molecule has 1 aliphatic rings. The molecule has 1 fully saturated rings. The van der Waals surface area contributed by atoms with Crippen LogP contribution in [0.4, 0.5) is 0 Å². The Bertz CT molecular complexity index is 577. The van der Waals surface area contributed by atoms with Crippen molar-refractivity contribution in [3.05, 3.63) is 24.2 Å². The summed E-state index contributed by atoms with van der Waals surface area (Å²) < 4.78 is 29.6. The molecule has 1 aliphatic heterocycles. The predicted molar refractivity (Wildman–Crippen MR) is 82.6 cm³/mol. The molecule has 7 nitrogen and oxygen atoms in total. The normalized spacial score (nSPS) is 17.8. The van der Waals surface area contributed by atoms with Gasteiger partial charge in [-0.3, -0.25) is 9.69 Å². The second-order valence-electron chi connectivity index (χ2n) is 5.64. The molecule has 0 bridgehead atoms. The molecule has 124 valence electrons. The monoisotopic (exact) mass is 329 g/mol. The van der Waals surface area contributed by atoms with E-state index in [9.17, 15) is 13.2 Å².